The molecule has 0 radical (unpaired) electrons. The Morgan fingerprint density at radius 2 is 1.28 bits per heavy atom. The summed E-state index contributed by atoms with van der Waals surface area (Å²) < 4.78 is 11.6. The summed E-state index contributed by atoms with van der Waals surface area (Å²) in [6.07, 6.45) is 0. The van der Waals surface area contributed by atoms with Gasteiger partial charge in [0.15, 0.2) is 0 Å². The molecule has 0 saturated heterocycles. The monoisotopic (exact) mass is 242 g/mol. The van der Waals surface area contributed by atoms with E-state index in [9.17, 15) is 0 Å². The first-order chi connectivity index (χ1) is 8.66. The molecule has 0 heterocycles. The van der Waals surface area contributed by atoms with Crippen LogP contribution in [0.5, 0.6) is 11.5 Å². The Hall–Kier alpha value is -1.96. The highest BCUT2D eigenvalue weighted by Crippen LogP contribution is 2.19. The van der Waals surface area contributed by atoms with Crippen LogP contribution in [-0.2, 0) is 0 Å². The van der Waals surface area contributed by atoms with Gasteiger partial charge >= 0.3 is 0 Å². The van der Waals surface area contributed by atoms with Crippen LogP contribution in [0, 0.1) is 0 Å². The fourth-order valence-electron chi connectivity index (χ4n) is 1.61. The molecule has 0 spiro atoms. The van der Waals surface area contributed by atoms with Gasteiger partial charge in [0.1, 0.15) is 23.7 Å². The van der Waals surface area contributed by atoms with Gasteiger partial charge in [-0.2, -0.15) is 0 Å². The lowest BCUT2D eigenvalue weighted by Gasteiger charge is -2.26. The van der Waals surface area contributed by atoms with E-state index in [1.165, 1.54) is 0 Å². The number of hydrogen-bond donors (Lipinski definition) is 0. The van der Waals surface area contributed by atoms with Crippen LogP contribution in [0.25, 0.3) is 0 Å². The molecule has 0 N–H and O–H groups in total. The molecule has 2 rings (SSSR count). The standard InChI is InChI=1S/C16H18O2/c1-16(2,18-15-11-7-4-8-12-15)13-17-14-9-5-3-6-10-14/h3-12H,13H2,1-2H3. The largest absolute Gasteiger partial charge is 0.489 e. The van der Waals surface area contributed by atoms with Crippen molar-refractivity contribution in [2.75, 3.05) is 6.61 Å². The van der Waals surface area contributed by atoms with Crippen molar-refractivity contribution in [3.63, 3.8) is 0 Å². The van der Waals surface area contributed by atoms with Gasteiger partial charge in [-0.15, -0.1) is 0 Å². The van der Waals surface area contributed by atoms with Gasteiger partial charge in [0.05, 0.1) is 0 Å². The van der Waals surface area contributed by atoms with Crippen molar-refractivity contribution < 1.29 is 9.47 Å². The van der Waals surface area contributed by atoms with Crippen molar-refractivity contribution in [3.05, 3.63) is 60.7 Å². The molecule has 0 aliphatic rings. The summed E-state index contributed by atoms with van der Waals surface area (Å²) in [5.74, 6) is 1.72. The topological polar surface area (TPSA) is 18.5 Å². The number of hydrogen-bond acceptors (Lipinski definition) is 2. The van der Waals surface area contributed by atoms with Gasteiger partial charge in [0.2, 0.25) is 0 Å². The number of benzene rings is 2. The number of ether oxygens (including phenoxy) is 2. The molecular weight excluding hydrogens is 224 g/mol. The lowest BCUT2D eigenvalue weighted by molar-refractivity contribution is 0.0521. The van der Waals surface area contributed by atoms with Gasteiger partial charge in [-0.25, -0.2) is 0 Å². The Bertz CT molecular complexity index is 463. The fraction of sp³-hybridized carbons (Fsp3) is 0.250. The molecular formula is C16H18O2. The molecule has 0 fully saturated rings. The first-order valence-electron chi connectivity index (χ1n) is 6.08. The molecule has 0 amide bonds. The summed E-state index contributed by atoms with van der Waals surface area (Å²) in [7, 11) is 0. The first-order valence-corrected chi connectivity index (χ1v) is 6.08. The van der Waals surface area contributed by atoms with Gasteiger partial charge in [0.25, 0.3) is 0 Å². The second-order valence-corrected chi connectivity index (χ2v) is 4.78. The maximum atomic E-state index is 5.90. The van der Waals surface area contributed by atoms with Crippen molar-refractivity contribution in [1.82, 2.24) is 0 Å². The highest BCUT2D eigenvalue weighted by Gasteiger charge is 2.20. The molecule has 2 nitrogen and oxygen atoms in total. The minimum atomic E-state index is -0.364. The Kier molecular flexibility index (Phi) is 3.88. The van der Waals surface area contributed by atoms with Gasteiger partial charge < -0.3 is 9.47 Å². The van der Waals surface area contributed by atoms with Crippen molar-refractivity contribution in [1.29, 1.82) is 0 Å². The lowest BCUT2D eigenvalue weighted by Crippen LogP contribution is -2.35. The summed E-state index contributed by atoms with van der Waals surface area (Å²) in [5, 5.41) is 0. The SMILES string of the molecule is CC(C)(COc1ccccc1)Oc1ccccc1. The zero-order valence-corrected chi connectivity index (χ0v) is 10.8. The number of para-hydroxylation sites is 2. The Labute approximate surface area is 108 Å². The maximum Gasteiger partial charge on any atom is 0.137 e. The van der Waals surface area contributed by atoms with Crippen LogP contribution in [-0.4, -0.2) is 12.2 Å². The van der Waals surface area contributed by atoms with E-state index in [0.717, 1.165) is 11.5 Å². The normalized spacial score (nSPS) is 11.0. The molecule has 0 unspecified atom stereocenters. The second kappa shape index (κ2) is 5.58. The predicted molar refractivity (Wildman–Crippen MR) is 73.1 cm³/mol. The highest BCUT2D eigenvalue weighted by molar-refractivity contribution is 5.23. The third-order valence-corrected chi connectivity index (χ3v) is 2.47. The quantitative estimate of drug-likeness (QED) is 0.791. The lowest BCUT2D eigenvalue weighted by atomic mass is 10.1. The zero-order chi connectivity index (χ0) is 12.8. The van der Waals surface area contributed by atoms with Crippen molar-refractivity contribution >= 4 is 0 Å². The highest BCUT2D eigenvalue weighted by atomic mass is 16.5. The zero-order valence-electron chi connectivity index (χ0n) is 10.8. The minimum Gasteiger partial charge on any atom is -0.489 e. The van der Waals surface area contributed by atoms with Gasteiger partial charge in [-0.1, -0.05) is 36.4 Å². The molecule has 18 heavy (non-hydrogen) atoms. The molecule has 94 valence electrons. The summed E-state index contributed by atoms with van der Waals surface area (Å²) in [4.78, 5) is 0. The summed E-state index contributed by atoms with van der Waals surface area (Å²) in [5.41, 5.74) is -0.364. The third kappa shape index (κ3) is 3.81. The van der Waals surface area contributed by atoms with E-state index < -0.39 is 0 Å². The van der Waals surface area contributed by atoms with E-state index in [1.54, 1.807) is 0 Å². The van der Waals surface area contributed by atoms with Gasteiger partial charge in [0, 0.05) is 0 Å². The first kappa shape index (κ1) is 12.5. The van der Waals surface area contributed by atoms with Gasteiger partial charge in [-0.05, 0) is 38.1 Å². The van der Waals surface area contributed by atoms with Crippen LogP contribution in [0.15, 0.2) is 60.7 Å². The second-order valence-electron chi connectivity index (χ2n) is 4.78. The Morgan fingerprint density at radius 1 is 0.778 bits per heavy atom. The molecule has 2 aromatic rings. The summed E-state index contributed by atoms with van der Waals surface area (Å²) in [6, 6.07) is 19.6. The maximum absolute atomic E-state index is 5.90. The van der Waals surface area contributed by atoms with Crippen molar-refractivity contribution in [3.8, 4) is 11.5 Å². The van der Waals surface area contributed by atoms with E-state index >= 15 is 0 Å². The third-order valence-electron chi connectivity index (χ3n) is 2.47. The van der Waals surface area contributed by atoms with Crippen LogP contribution >= 0.6 is 0 Å². The van der Waals surface area contributed by atoms with E-state index in [0.29, 0.717) is 6.61 Å². The summed E-state index contributed by atoms with van der Waals surface area (Å²) >= 11 is 0. The molecule has 0 bridgehead atoms. The molecule has 0 aromatic heterocycles. The van der Waals surface area contributed by atoms with E-state index in [2.05, 4.69) is 0 Å². The number of rotatable bonds is 5. The average molecular weight is 242 g/mol. The molecule has 2 heteroatoms. The molecule has 0 saturated carbocycles. The van der Waals surface area contributed by atoms with Gasteiger partial charge in [-0.3, -0.25) is 0 Å². The average Bonchev–Trinajstić information content (AvgIpc) is 2.38. The Balaban J connectivity index is 1.91. The summed E-state index contributed by atoms with van der Waals surface area (Å²) in [6.45, 7) is 4.54. The molecule has 2 aromatic carbocycles. The van der Waals surface area contributed by atoms with E-state index in [-0.39, 0.29) is 5.60 Å². The molecule has 0 atom stereocenters. The fourth-order valence-corrected chi connectivity index (χ4v) is 1.61. The van der Waals surface area contributed by atoms with Crippen LogP contribution in [0.4, 0.5) is 0 Å². The molecule has 0 aliphatic carbocycles. The van der Waals surface area contributed by atoms with Crippen LogP contribution in [0.1, 0.15) is 13.8 Å². The predicted octanol–water partition coefficient (Wildman–Crippen LogP) is 3.92. The van der Waals surface area contributed by atoms with Crippen LogP contribution in [0.2, 0.25) is 0 Å². The van der Waals surface area contributed by atoms with Crippen molar-refractivity contribution in [2.45, 2.75) is 19.4 Å². The van der Waals surface area contributed by atoms with Crippen LogP contribution in [0.3, 0.4) is 0 Å². The smallest absolute Gasteiger partial charge is 0.137 e. The Morgan fingerprint density at radius 3 is 1.83 bits per heavy atom. The van der Waals surface area contributed by atoms with Crippen LogP contribution < -0.4 is 9.47 Å². The van der Waals surface area contributed by atoms with E-state index in [1.807, 2.05) is 74.5 Å². The van der Waals surface area contributed by atoms with Crippen molar-refractivity contribution in [2.24, 2.45) is 0 Å². The minimum absolute atomic E-state index is 0.364. The molecule has 0 aliphatic heterocycles. The van der Waals surface area contributed by atoms with E-state index in [4.69, 9.17) is 9.47 Å².